The van der Waals surface area contributed by atoms with Gasteiger partial charge in [-0.3, -0.25) is 9.59 Å². The molecule has 0 aliphatic rings. The monoisotopic (exact) mass is 517 g/mol. The minimum atomic E-state index is -1.13. The number of benzene rings is 2. The van der Waals surface area contributed by atoms with Crippen molar-refractivity contribution in [3.8, 4) is 5.69 Å². The first-order valence-corrected chi connectivity index (χ1v) is 11.3. The van der Waals surface area contributed by atoms with Gasteiger partial charge in [0.2, 0.25) is 11.8 Å². The Morgan fingerprint density at radius 3 is 2.57 bits per heavy atom. The molecular weight excluding hydrogens is 498 g/mol. The van der Waals surface area contributed by atoms with Gasteiger partial charge < -0.3 is 15.7 Å². The highest BCUT2D eigenvalue weighted by atomic mass is 35.5. The number of nitrogens with zero attached hydrogens (tertiary/aromatic N) is 5. The van der Waals surface area contributed by atoms with E-state index in [1.807, 2.05) is 30.3 Å². The largest absolute Gasteiger partial charge is 0.478 e. The third-order valence-corrected chi connectivity index (χ3v) is 5.41. The van der Waals surface area contributed by atoms with Crippen LogP contribution < -0.4 is 10.6 Å². The first-order chi connectivity index (χ1) is 17.9. The number of carbonyl (C=O) groups excluding carboxylic acids is 2. The fourth-order valence-corrected chi connectivity index (χ4v) is 3.57. The number of halogens is 1. The van der Waals surface area contributed by atoms with Crippen LogP contribution in [0.3, 0.4) is 0 Å². The van der Waals surface area contributed by atoms with Crippen LogP contribution in [0.2, 0.25) is 5.02 Å². The third-order valence-electron chi connectivity index (χ3n) is 5.18. The van der Waals surface area contributed by atoms with Gasteiger partial charge in [-0.2, -0.15) is 4.68 Å². The van der Waals surface area contributed by atoms with Crippen LogP contribution in [0.15, 0.2) is 79.3 Å². The summed E-state index contributed by atoms with van der Waals surface area (Å²) < 4.78 is 1.43. The lowest BCUT2D eigenvalue weighted by atomic mass is 10.0. The van der Waals surface area contributed by atoms with Gasteiger partial charge in [-0.15, -0.1) is 5.10 Å². The zero-order valence-electron chi connectivity index (χ0n) is 19.2. The van der Waals surface area contributed by atoms with Gasteiger partial charge in [0.25, 0.3) is 0 Å². The quantitative estimate of drug-likeness (QED) is 0.286. The minimum absolute atomic E-state index is 0.0145. The van der Waals surface area contributed by atoms with Crippen molar-refractivity contribution >= 4 is 41.3 Å². The molecule has 186 valence electrons. The van der Waals surface area contributed by atoms with Gasteiger partial charge in [0.05, 0.1) is 11.3 Å². The fraction of sp³-hybridized carbons (Fsp3) is 0.0800. The SMILES string of the molecule is O=C(C=Cc1cc(Cl)ccc1-n1cnnn1)NC(Cc1ccccc1)C(=O)Nc1ccc(C(=O)O)cn1. The summed E-state index contributed by atoms with van der Waals surface area (Å²) in [6.07, 6.45) is 5.59. The standard InChI is InChI=1S/C25H20ClN7O4/c26-19-8-9-21(33-15-28-31-32-33)17(13-19)7-11-23(34)29-20(12-16-4-2-1-3-5-16)24(35)30-22-10-6-18(14-27-22)25(36)37/h1-11,13-15,20H,12H2,(H,29,34)(H,36,37)(H,27,30,35). The van der Waals surface area contributed by atoms with Crippen molar-refractivity contribution in [3.05, 3.63) is 101 Å². The lowest BCUT2D eigenvalue weighted by Crippen LogP contribution is -2.44. The average molecular weight is 518 g/mol. The number of carbonyl (C=O) groups is 3. The third kappa shape index (κ3) is 6.83. The van der Waals surface area contributed by atoms with Gasteiger partial charge >= 0.3 is 5.97 Å². The van der Waals surface area contributed by atoms with Gasteiger partial charge in [0.1, 0.15) is 18.2 Å². The van der Waals surface area contributed by atoms with E-state index in [4.69, 9.17) is 16.7 Å². The molecule has 3 N–H and O–H groups in total. The number of anilines is 1. The number of aromatic nitrogens is 5. The highest BCUT2D eigenvalue weighted by Gasteiger charge is 2.21. The number of rotatable bonds is 9. The lowest BCUT2D eigenvalue weighted by Gasteiger charge is -2.18. The molecule has 37 heavy (non-hydrogen) atoms. The molecule has 0 saturated heterocycles. The maximum absolute atomic E-state index is 13.1. The van der Waals surface area contributed by atoms with Gasteiger partial charge in [-0.05, 0) is 52.4 Å². The zero-order chi connectivity index (χ0) is 26.2. The summed E-state index contributed by atoms with van der Waals surface area (Å²) in [5, 5.41) is 25.9. The molecule has 0 fully saturated rings. The first kappa shape index (κ1) is 25.2. The van der Waals surface area contributed by atoms with Crippen LogP contribution in [0.4, 0.5) is 5.82 Å². The topological polar surface area (TPSA) is 152 Å². The van der Waals surface area contributed by atoms with E-state index < -0.39 is 23.8 Å². The Hall–Kier alpha value is -4.90. The number of aromatic carboxylic acids is 1. The molecule has 0 aliphatic carbocycles. The van der Waals surface area contributed by atoms with Crippen molar-refractivity contribution in [1.29, 1.82) is 0 Å². The van der Waals surface area contributed by atoms with E-state index in [0.29, 0.717) is 16.3 Å². The molecular formula is C25H20ClN7O4. The molecule has 0 spiro atoms. The molecule has 0 aliphatic heterocycles. The molecule has 11 nitrogen and oxygen atoms in total. The summed E-state index contributed by atoms with van der Waals surface area (Å²) in [4.78, 5) is 40.9. The highest BCUT2D eigenvalue weighted by Crippen LogP contribution is 2.20. The number of hydrogen-bond donors (Lipinski definition) is 3. The van der Waals surface area contributed by atoms with E-state index in [1.54, 1.807) is 24.3 Å². The van der Waals surface area contributed by atoms with Crippen LogP contribution in [-0.2, 0) is 16.0 Å². The van der Waals surface area contributed by atoms with Crippen molar-refractivity contribution in [2.75, 3.05) is 5.32 Å². The predicted octanol–water partition coefficient (Wildman–Crippen LogP) is 2.79. The Balaban J connectivity index is 1.51. The van der Waals surface area contributed by atoms with Crippen molar-refractivity contribution in [3.63, 3.8) is 0 Å². The van der Waals surface area contributed by atoms with E-state index in [9.17, 15) is 14.4 Å². The van der Waals surface area contributed by atoms with Gasteiger partial charge in [-0.25, -0.2) is 9.78 Å². The predicted molar refractivity (Wildman–Crippen MR) is 135 cm³/mol. The smallest absolute Gasteiger partial charge is 0.337 e. The number of pyridine rings is 1. The minimum Gasteiger partial charge on any atom is -0.478 e. The summed E-state index contributed by atoms with van der Waals surface area (Å²) in [6.45, 7) is 0. The Kier molecular flexibility index (Phi) is 7.96. The van der Waals surface area contributed by atoms with Crippen LogP contribution in [0, 0.1) is 0 Å². The van der Waals surface area contributed by atoms with Crippen molar-refractivity contribution in [2.45, 2.75) is 12.5 Å². The van der Waals surface area contributed by atoms with E-state index in [1.165, 1.54) is 29.2 Å². The molecule has 2 heterocycles. The number of hydrogen-bond acceptors (Lipinski definition) is 7. The molecule has 0 bridgehead atoms. The Bertz CT molecular complexity index is 1430. The summed E-state index contributed by atoms with van der Waals surface area (Å²) in [6, 6.07) is 16.0. The first-order valence-electron chi connectivity index (χ1n) is 10.9. The summed E-state index contributed by atoms with van der Waals surface area (Å²) >= 11 is 6.13. The van der Waals surface area contributed by atoms with Crippen molar-refractivity contribution in [2.24, 2.45) is 0 Å². The van der Waals surface area contributed by atoms with Gasteiger partial charge in [0.15, 0.2) is 0 Å². The number of tetrazole rings is 1. The second-order valence-corrected chi connectivity index (χ2v) is 8.20. The number of carboxylic acid groups (broad SMARTS) is 1. The maximum atomic E-state index is 13.1. The average Bonchev–Trinajstić information content (AvgIpc) is 3.43. The molecule has 0 radical (unpaired) electrons. The molecule has 2 amide bonds. The summed E-state index contributed by atoms with van der Waals surface area (Å²) in [5.74, 6) is -2.01. The normalized spacial score (nSPS) is 11.7. The molecule has 2 aromatic carbocycles. The van der Waals surface area contributed by atoms with Gasteiger partial charge in [0, 0.05) is 29.3 Å². The molecule has 12 heteroatoms. The van der Waals surface area contributed by atoms with Crippen LogP contribution in [0.25, 0.3) is 11.8 Å². The van der Waals surface area contributed by atoms with Crippen LogP contribution in [0.1, 0.15) is 21.5 Å². The fourth-order valence-electron chi connectivity index (χ4n) is 3.39. The second-order valence-electron chi connectivity index (χ2n) is 7.77. The molecule has 2 aromatic heterocycles. The van der Waals surface area contributed by atoms with E-state index in [2.05, 4.69) is 31.1 Å². The number of amides is 2. The summed E-state index contributed by atoms with van der Waals surface area (Å²) in [7, 11) is 0. The highest BCUT2D eigenvalue weighted by molar-refractivity contribution is 6.30. The molecule has 4 aromatic rings. The zero-order valence-corrected chi connectivity index (χ0v) is 19.9. The Morgan fingerprint density at radius 2 is 1.89 bits per heavy atom. The van der Waals surface area contributed by atoms with E-state index in [-0.39, 0.29) is 17.8 Å². The molecule has 1 atom stereocenters. The van der Waals surface area contributed by atoms with Crippen LogP contribution in [-0.4, -0.2) is 54.1 Å². The lowest BCUT2D eigenvalue weighted by molar-refractivity contribution is -0.123. The van der Waals surface area contributed by atoms with Crippen LogP contribution in [0.5, 0.6) is 0 Å². The molecule has 4 rings (SSSR count). The van der Waals surface area contributed by atoms with E-state index >= 15 is 0 Å². The Labute approximate surface area is 215 Å². The number of carboxylic acids is 1. The van der Waals surface area contributed by atoms with Crippen molar-refractivity contribution in [1.82, 2.24) is 30.5 Å². The van der Waals surface area contributed by atoms with Crippen molar-refractivity contribution < 1.29 is 19.5 Å². The second kappa shape index (κ2) is 11.7. The molecule has 1 unspecified atom stereocenters. The van der Waals surface area contributed by atoms with E-state index in [0.717, 1.165) is 11.8 Å². The van der Waals surface area contributed by atoms with Gasteiger partial charge in [-0.1, -0.05) is 41.9 Å². The summed E-state index contributed by atoms with van der Waals surface area (Å²) in [5.41, 5.74) is 2.01. The van der Waals surface area contributed by atoms with Crippen LogP contribution >= 0.6 is 11.6 Å². The number of nitrogens with one attached hydrogen (secondary N) is 2. The Morgan fingerprint density at radius 1 is 1.08 bits per heavy atom. The maximum Gasteiger partial charge on any atom is 0.337 e. The molecule has 0 saturated carbocycles.